The van der Waals surface area contributed by atoms with Crippen LogP contribution in [-0.2, 0) is 20.2 Å². The smallest absolute Gasteiger partial charge is 0.294 e. The van der Waals surface area contributed by atoms with Crippen LogP contribution in [0.4, 0.5) is 5.82 Å². The van der Waals surface area contributed by atoms with Crippen molar-refractivity contribution in [2.75, 3.05) is 18.0 Å². The predicted octanol–water partition coefficient (Wildman–Crippen LogP) is 4.11. The lowest BCUT2D eigenvalue weighted by Gasteiger charge is -2.26. The average Bonchev–Trinajstić information content (AvgIpc) is 3.67. The zero-order valence-electron chi connectivity index (χ0n) is 22.1. The molecule has 1 aromatic heterocycles. The summed E-state index contributed by atoms with van der Waals surface area (Å²) in [5.74, 6) is 1.09. The van der Waals surface area contributed by atoms with E-state index in [1.165, 1.54) is 36.2 Å². The Labute approximate surface area is 234 Å². The van der Waals surface area contributed by atoms with Gasteiger partial charge in [-0.2, -0.15) is 21.9 Å². The van der Waals surface area contributed by atoms with Gasteiger partial charge in [0.05, 0.1) is 15.5 Å². The highest BCUT2D eigenvalue weighted by Gasteiger charge is 2.38. The number of aryl methyl sites for hydroxylation is 2. The Bertz CT molecular complexity index is 1550. The molecule has 2 aliphatic heterocycles. The maximum atomic E-state index is 10.5. The van der Waals surface area contributed by atoms with Crippen LogP contribution in [0.1, 0.15) is 17.5 Å². The summed E-state index contributed by atoms with van der Waals surface area (Å²) in [5, 5.41) is 11.1. The van der Waals surface area contributed by atoms with E-state index in [-0.39, 0.29) is 9.79 Å². The lowest BCUT2D eigenvalue weighted by molar-refractivity contribution is 0.481. The van der Waals surface area contributed by atoms with E-state index in [9.17, 15) is 16.8 Å². The molecule has 0 aliphatic carbocycles. The van der Waals surface area contributed by atoms with Gasteiger partial charge >= 0.3 is 0 Å². The molecule has 0 spiro atoms. The van der Waals surface area contributed by atoms with Crippen LogP contribution >= 0.6 is 0 Å². The first-order valence-corrected chi connectivity index (χ1v) is 15.5. The molecule has 2 aliphatic rings. The molecular formula is C28H32N4O6S2. The fraction of sp³-hybridized carbons (Fsp3) is 0.250. The van der Waals surface area contributed by atoms with Crippen molar-refractivity contribution in [2.45, 2.75) is 42.1 Å². The van der Waals surface area contributed by atoms with Crippen molar-refractivity contribution in [3.8, 4) is 11.3 Å². The summed E-state index contributed by atoms with van der Waals surface area (Å²) in [6.07, 6.45) is 1.26. The maximum Gasteiger partial charge on any atom is 0.294 e. The van der Waals surface area contributed by atoms with Crippen LogP contribution in [0.5, 0.6) is 0 Å². The first-order valence-electron chi connectivity index (χ1n) is 12.6. The van der Waals surface area contributed by atoms with E-state index >= 15 is 0 Å². The van der Waals surface area contributed by atoms with Crippen LogP contribution in [0.3, 0.4) is 0 Å². The zero-order valence-corrected chi connectivity index (χ0v) is 23.7. The maximum absolute atomic E-state index is 10.5. The molecule has 10 nitrogen and oxygen atoms in total. The summed E-state index contributed by atoms with van der Waals surface area (Å²) in [4.78, 5) is 2.29. The Balaban J connectivity index is 0.000000147. The van der Waals surface area contributed by atoms with Crippen molar-refractivity contribution in [3.05, 3.63) is 96.1 Å². The third-order valence-electron chi connectivity index (χ3n) is 6.64. The van der Waals surface area contributed by atoms with Crippen LogP contribution in [0.15, 0.2) is 94.7 Å². The van der Waals surface area contributed by atoms with Gasteiger partial charge in [-0.25, -0.2) is 0 Å². The summed E-state index contributed by atoms with van der Waals surface area (Å²) in [6, 6.07) is 25.8. The second kappa shape index (κ2) is 12.3. The lowest BCUT2D eigenvalue weighted by atomic mass is 10.1. The first-order chi connectivity index (χ1) is 18.9. The molecule has 0 radical (unpaired) electrons. The Morgan fingerprint density at radius 2 is 1.32 bits per heavy atom. The van der Waals surface area contributed by atoms with Crippen LogP contribution in [0, 0.1) is 13.8 Å². The number of rotatable bonds is 4. The highest BCUT2D eigenvalue weighted by molar-refractivity contribution is 7.86. The van der Waals surface area contributed by atoms with Gasteiger partial charge in [0, 0.05) is 31.2 Å². The fourth-order valence-electron chi connectivity index (χ4n) is 4.49. The highest BCUT2D eigenvalue weighted by Crippen LogP contribution is 2.30. The molecule has 6 rings (SSSR count). The lowest BCUT2D eigenvalue weighted by Crippen LogP contribution is -2.43. The molecule has 2 saturated heterocycles. The molecule has 0 amide bonds. The van der Waals surface area contributed by atoms with E-state index in [1.54, 1.807) is 24.3 Å². The number of fused-ring (bicyclic) bond motifs is 2. The van der Waals surface area contributed by atoms with E-state index in [4.69, 9.17) is 9.11 Å². The van der Waals surface area contributed by atoms with E-state index in [1.807, 2.05) is 19.9 Å². The first kappa shape index (κ1) is 29.4. The van der Waals surface area contributed by atoms with Gasteiger partial charge in [-0.1, -0.05) is 65.7 Å². The molecule has 212 valence electrons. The summed E-state index contributed by atoms with van der Waals surface area (Å²) < 4.78 is 59.1. The van der Waals surface area contributed by atoms with Gasteiger partial charge in [-0.3, -0.25) is 14.2 Å². The number of nitrogens with one attached hydrogen (secondary N) is 2. The number of aromatic nitrogens is 2. The largest absolute Gasteiger partial charge is 0.349 e. The topological polar surface area (TPSA) is 153 Å². The Hall–Kier alpha value is -3.55. The number of nitrogens with zero attached hydrogens (tertiary/aromatic N) is 2. The van der Waals surface area contributed by atoms with Crippen molar-refractivity contribution in [1.82, 2.24) is 15.5 Å². The predicted molar refractivity (Wildman–Crippen MR) is 154 cm³/mol. The molecule has 12 heteroatoms. The molecule has 4 aromatic rings. The van der Waals surface area contributed by atoms with Gasteiger partial charge < -0.3 is 10.2 Å². The number of aromatic amines is 1. The van der Waals surface area contributed by atoms with E-state index in [2.05, 4.69) is 50.7 Å². The normalized spacial score (nSPS) is 17.9. The molecule has 0 saturated carbocycles. The van der Waals surface area contributed by atoms with Crippen LogP contribution < -0.4 is 10.2 Å². The monoisotopic (exact) mass is 584 g/mol. The highest BCUT2D eigenvalue weighted by atomic mass is 32.2. The van der Waals surface area contributed by atoms with Crippen molar-refractivity contribution in [2.24, 2.45) is 0 Å². The molecule has 3 heterocycles. The van der Waals surface area contributed by atoms with Gasteiger partial charge in [-0.05, 0) is 50.1 Å². The van der Waals surface area contributed by atoms with Gasteiger partial charge in [0.1, 0.15) is 0 Å². The summed E-state index contributed by atoms with van der Waals surface area (Å²) >= 11 is 0. The molecule has 2 bridgehead atoms. The summed E-state index contributed by atoms with van der Waals surface area (Å²) in [6.45, 7) is 5.86. The number of H-pyrrole nitrogens is 1. The minimum Gasteiger partial charge on any atom is -0.349 e. The van der Waals surface area contributed by atoms with Crippen molar-refractivity contribution < 1.29 is 25.9 Å². The molecule has 40 heavy (non-hydrogen) atoms. The molecule has 2 unspecified atom stereocenters. The van der Waals surface area contributed by atoms with Crippen LogP contribution in [0.25, 0.3) is 11.3 Å². The molecular weight excluding hydrogens is 552 g/mol. The minimum absolute atomic E-state index is 0.0666. The van der Waals surface area contributed by atoms with Gasteiger partial charge in [-0.15, -0.1) is 0 Å². The molecule has 3 aromatic carbocycles. The molecule has 2 fully saturated rings. The van der Waals surface area contributed by atoms with Gasteiger partial charge in [0.25, 0.3) is 20.2 Å². The number of piperazine rings is 1. The Kier molecular flexibility index (Phi) is 9.06. The Morgan fingerprint density at radius 1 is 0.800 bits per heavy atom. The number of hydrogen-bond acceptors (Lipinski definition) is 7. The summed E-state index contributed by atoms with van der Waals surface area (Å²) in [7, 11) is -8.04. The van der Waals surface area contributed by atoms with Gasteiger partial charge in [0.2, 0.25) is 0 Å². The summed E-state index contributed by atoms with van der Waals surface area (Å²) in [5.41, 5.74) is 4.20. The third kappa shape index (κ3) is 7.77. The Morgan fingerprint density at radius 3 is 1.75 bits per heavy atom. The third-order valence-corrected chi connectivity index (χ3v) is 8.37. The zero-order chi connectivity index (χ0) is 28.9. The van der Waals surface area contributed by atoms with Crippen LogP contribution in [0.2, 0.25) is 0 Å². The van der Waals surface area contributed by atoms with E-state index in [0.29, 0.717) is 12.1 Å². The van der Waals surface area contributed by atoms with E-state index < -0.39 is 20.2 Å². The van der Waals surface area contributed by atoms with Crippen LogP contribution in [-0.4, -0.2) is 61.3 Å². The quantitative estimate of drug-likeness (QED) is 0.260. The second-order valence-corrected chi connectivity index (χ2v) is 12.6. The van der Waals surface area contributed by atoms with E-state index in [0.717, 1.165) is 35.7 Å². The number of hydrogen-bond donors (Lipinski definition) is 4. The average molecular weight is 585 g/mol. The number of benzene rings is 3. The molecule has 2 atom stereocenters. The minimum atomic E-state index is -4.02. The number of anilines is 1. The molecule has 4 N–H and O–H groups in total. The second-order valence-electron chi connectivity index (χ2n) is 9.73. The standard InChI is InChI=1S/C14H16N4.2C7H8O3S/c1-2-4-10(5-3-1)13-7-14(17-16-13)18-9-11-6-12(18)8-15-11;2*1-6-2-4-7(5-3-6)11(8,9)10/h1-5,7,11-12,15H,6,8-9H2,(H,16,17);2*2-5H,1H3,(H,8,9,10). The SMILES string of the molecule is Cc1ccc(S(=O)(=O)O)cc1.Cc1ccc(S(=O)(=O)O)cc1.c1ccc(-c2cc(N3CC4CC3CN4)n[nH]2)cc1. The van der Waals surface area contributed by atoms with Crippen molar-refractivity contribution in [1.29, 1.82) is 0 Å². The van der Waals surface area contributed by atoms with Crippen molar-refractivity contribution >= 4 is 26.1 Å². The van der Waals surface area contributed by atoms with Gasteiger partial charge in [0.15, 0.2) is 5.82 Å². The fourth-order valence-corrected chi connectivity index (χ4v) is 5.45. The van der Waals surface area contributed by atoms with Crippen molar-refractivity contribution in [3.63, 3.8) is 0 Å².